The third-order valence-electron chi connectivity index (χ3n) is 2.16. The summed E-state index contributed by atoms with van der Waals surface area (Å²) in [6.07, 6.45) is 2.14. The highest BCUT2D eigenvalue weighted by molar-refractivity contribution is 5.35. The van der Waals surface area contributed by atoms with Crippen LogP contribution in [0.1, 0.15) is 24.5 Å². The molecule has 0 fully saturated rings. The quantitative estimate of drug-likeness (QED) is 0.738. The van der Waals surface area contributed by atoms with E-state index in [2.05, 4.69) is 6.58 Å². The van der Waals surface area contributed by atoms with Crippen molar-refractivity contribution in [3.8, 4) is 6.07 Å². The molecule has 0 saturated carbocycles. The summed E-state index contributed by atoms with van der Waals surface area (Å²) in [5.74, 6) is 0. The van der Waals surface area contributed by atoms with Gasteiger partial charge in [0.25, 0.3) is 0 Å². The molecule has 0 radical (unpaired) electrons. The van der Waals surface area contributed by atoms with Crippen molar-refractivity contribution >= 4 is 0 Å². The smallest absolute Gasteiger partial charge is 0.0991 e. The van der Waals surface area contributed by atoms with E-state index in [4.69, 9.17) is 5.26 Å². The number of aliphatic hydroxyl groups is 1. The highest BCUT2D eigenvalue weighted by atomic mass is 16.3. The van der Waals surface area contributed by atoms with Crippen LogP contribution < -0.4 is 0 Å². The van der Waals surface area contributed by atoms with Crippen molar-refractivity contribution in [3.05, 3.63) is 48.0 Å². The fourth-order valence-electron chi connectivity index (χ4n) is 1.32. The molecule has 0 unspecified atom stereocenters. The van der Waals surface area contributed by atoms with E-state index >= 15 is 0 Å². The molecule has 1 aromatic carbocycles. The van der Waals surface area contributed by atoms with Gasteiger partial charge in [0, 0.05) is 0 Å². The van der Waals surface area contributed by atoms with Gasteiger partial charge in [-0.15, -0.1) is 6.58 Å². The fraction of sp³-hybridized carbons (Fsp3) is 0.250. The third kappa shape index (κ3) is 2.21. The van der Waals surface area contributed by atoms with Gasteiger partial charge in [0.2, 0.25) is 0 Å². The number of nitrogens with zero attached hydrogens (tertiary/aromatic N) is 1. The van der Waals surface area contributed by atoms with Gasteiger partial charge in [-0.2, -0.15) is 5.26 Å². The summed E-state index contributed by atoms with van der Waals surface area (Å²) in [6, 6.07) is 9.04. The minimum atomic E-state index is -0.936. The molecule has 1 rings (SSSR count). The van der Waals surface area contributed by atoms with Crippen LogP contribution in [0, 0.1) is 11.3 Å². The molecule has 2 heteroatoms. The third-order valence-corrected chi connectivity index (χ3v) is 2.16. The van der Waals surface area contributed by atoms with Crippen LogP contribution in [0.2, 0.25) is 0 Å². The molecule has 1 aromatic rings. The molecule has 14 heavy (non-hydrogen) atoms. The van der Waals surface area contributed by atoms with Gasteiger partial charge in [0.15, 0.2) is 0 Å². The maximum absolute atomic E-state index is 10.0. The highest BCUT2D eigenvalue weighted by Crippen LogP contribution is 2.25. The molecule has 0 bridgehead atoms. The summed E-state index contributed by atoms with van der Waals surface area (Å²) in [7, 11) is 0. The first kappa shape index (κ1) is 10.5. The summed E-state index contributed by atoms with van der Waals surface area (Å²) in [6.45, 7) is 5.30. The minimum Gasteiger partial charge on any atom is -0.385 e. The molecule has 2 nitrogen and oxygen atoms in total. The second-order valence-corrected chi connectivity index (χ2v) is 3.46. The second-order valence-electron chi connectivity index (χ2n) is 3.46. The van der Waals surface area contributed by atoms with E-state index in [9.17, 15) is 5.11 Å². The minimum absolute atomic E-state index is 0.474. The summed E-state index contributed by atoms with van der Waals surface area (Å²) < 4.78 is 0. The predicted octanol–water partition coefficient (Wildman–Crippen LogP) is 2.34. The lowest BCUT2D eigenvalue weighted by Gasteiger charge is -2.22. The first-order valence-electron chi connectivity index (χ1n) is 4.44. The van der Waals surface area contributed by atoms with Crippen molar-refractivity contribution in [2.24, 2.45) is 0 Å². The maximum atomic E-state index is 10.0. The molecule has 0 heterocycles. The van der Waals surface area contributed by atoms with Crippen LogP contribution in [0.15, 0.2) is 36.9 Å². The van der Waals surface area contributed by atoms with E-state index in [1.54, 1.807) is 31.2 Å². The Bertz CT molecular complexity index is 374. The van der Waals surface area contributed by atoms with Crippen LogP contribution in [0.4, 0.5) is 0 Å². The van der Waals surface area contributed by atoms with Gasteiger partial charge in [-0.1, -0.05) is 18.2 Å². The molecule has 0 aliphatic carbocycles. The molecule has 0 aliphatic heterocycles. The average molecular weight is 187 g/mol. The molecule has 1 N–H and O–H groups in total. The van der Waals surface area contributed by atoms with Crippen molar-refractivity contribution in [1.82, 2.24) is 0 Å². The summed E-state index contributed by atoms with van der Waals surface area (Å²) in [4.78, 5) is 0. The van der Waals surface area contributed by atoms with E-state index in [1.807, 2.05) is 12.1 Å². The number of hydrogen-bond acceptors (Lipinski definition) is 2. The standard InChI is InChI=1S/C12H13NO/c1-3-7-12(2,14)11-6-4-5-10(8-11)9-13/h3-6,8,14H,1,7H2,2H3/t12-/m1/s1. The van der Waals surface area contributed by atoms with E-state index in [0.717, 1.165) is 5.56 Å². The Balaban J connectivity index is 3.07. The zero-order chi connectivity index (χ0) is 10.6. The lowest BCUT2D eigenvalue weighted by Crippen LogP contribution is -2.19. The van der Waals surface area contributed by atoms with Crippen molar-refractivity contribution < 1.29 is 5.11 Å². The van der Waals surface area contributed by atoms with Crippen molar-refractivity contribution in [1.29, 1.82) is 5.26 Å². The van der Waals surface area contributed by atoms with E-state index in [1.165, 1.54) is 0 Å². The van der Waals surface area contributed by atoms with Crippen LogP contribution in [-0.4, -0.2) is 5.11 Å². The van der Waals surface area contributed by atoms with Crippen molar-refractivity contribution in [3.63, 3.8) is 0 Å². The Labute approximate surface area is 84.1 Å². The molecule has 0 saturated heterocycles. The van der Waals surface area contributed by atoms with E-state index in [-0.39, 0.29) is 0 Å². The topological polar surface area (TPSA) is 44.0 Å². The van der Waals surface area contributed by atoms with Gasteiger partial charge in [-0.3, -0.25) is 0 Å². The fourth-order valence-corrected chi connectivity index (χ4v) is 1.32. The lowest BCUT2D eigenvalue weighted by atomic mass is 9.91. The number of nitriles is 1. The van der Waals surface area contributed by atoms with Crippen LogP contribution in [0.25, 0.3) is 0 Å². The van der Waals surface area contributed by atoms with Crippen molar-refractivity contribution in [2.45, 2.75) is 18.9 Å². The number of rotatable bonds is 3. The molecule has 0 spiro atoms. The van der Waals surface area contributed by atoms with Crippen molar-refractivity contribution in [2.75, 3.05) is 0 Å². The van der Waals surface area contributed by atoms with Crippen LogP contribution >= 0.6 is 0 Å². The van der Waals surface area contributed by atoms with Gasteiger partial charge >= 0.3 is 0 Å². The molecule has 1 atom stereocenters. The Morgan fingerprint density at radius 2 is 2.36 bits per heavy atom. The Hall–Kier alpha value is -1.59. The molecule has 72 valence electrons. The summed E-state index contributed by atoms with van der Waals surface area (Å²) in [5, 5.41) is 18.7. The molecular weight excluding hydrogens is 174 g/mol. The maximum Gasteiger partial charge on any atom is 0.0991 e. The average Bonchev–Trinajstić information content (AvgIpc) is 2.18. The normalized spacial score (nSPS) is 14.1. The van der Waals surface area contributed by atoms with Crippen LogP contribution in [-0.2, 0) is 5.60 Å². The van der Waals surface area contributed by atoms with Crippen LogP contribution in [0.5, 0.6) is 0 Å². The van der Waals surface area contributed by atoms with Gasteiger partial charge < -0.3 is 5.11 Å². The second kappa shape index (κ2) is 4.08. The number of hydrogen-bond donors (Lipinski definition) is 1. The molecule has 0 aliphatic rings. The highest BCUT2D eigenvalue weighted by Gasteiger charge is 2.21. The zero-order valence-electron chi connectivity index (χ0n) is 8.20. The number of benzene rings is 1. The Morgan fingerprint density at radius 1 is 1.64 bits per heavy atom. The zero-order valence-corrected chi connectivity index (χ0v) is 8.20. The molecular formula is C12H13NO. The first-order valence-corrected chi connectivity index (χ1v) is 4.44. The summed E-state index contributed by atoms with van der Waals surface area (Å²) >= 11 is 0. The van der Waals surface area contributed by atoms with E-state index in [0.29, 0.717) is 12.0 Å². The van der Waals surface area contributed by atoms with E-state index < -0.39 is 5.60 Å². The monoisotopic (exact) mass is 187 g/mol. The Morgan fingerprint density at radius 3 is 2.93 bits per heavy atom. The lowest BCUT2D eigenvalue weighted by molar-refractivity contribution is 0.0606. The first-order chi connectivity index (χ1) is 6.60. The van der Waals surface area contributed by atoms with Gasteiger partial charge in [0.05, 0.1) is 17.2 Å². The summed E-state index contributed by atoms with van der Waals surface area (Å²) in [5.41, 5.74) is 0.373. The van der Waals surface area contributed by atoms with Crippen LogP contribution in [0.3, 0.4) is 0 Å². The van der Waals surface area contributed by atoms with Gasteiger partial charge in [-0.25, -0.2) is 0 Å². The largest absolute Gasteiger partial charge is 0.385 e. The molecule has 0 amide bonds. The van der Waals surface area contributed by atoms with Gasteiger partial charge in [-0.05, 0) is 31.0 Å². The SMILES string of the molecule is C=CC[C@@](C)(O)c1cccc(C#N)c1. The molecule has 0 aromatic heterocycles. The van der Waals surface area contributed by atoms with Gasteiger partial charge in [0.1, 0.15) is 0 Å². The predicted molar refractivity (Wildman–Crippen MR) is 55.5 cm³/mol. The Kier molecular flexibility index (Phi) is 3.06.